The van der Waals surface area contributed by atoms with Crippen LogP contribution in [0, 0.1) is 11.6 Å². The molecule has 3 N–H and O–H groups in total. The third kappa shape index (κ3) is 3.78. The maximum Gasteiger partial charge on any atom is 0.253 e. The molecule has 0 atom stereocenters. The number of nitrogens with one attached hydrogen (secondary N) is 1. The molecule has 21 heavy (non-hydrogen) atoms. The van der Waals surface area contributed by atoms with Gasteiger partial charge < -0.3 is 11.1 Å². The van der Waals surface area contributed by atoms with Crippen LogP contribution in [0.2, 0.25) is 0 Å². The lowest BCUT2D eigenvalue weighted by molar-refractivity contribution is 0.0997. The highest BCUT2D eigenvalue weighted by molar-refractivity contribution is 9.10. The Labute approximate surface area is 129 Å². The first-order valence-corrected chi connectivity index (χ1v) is 7.04. The molecule has 0 unspecified atom stereocenters. The van der Waals surface area contributed by atoms with E-state index in [1.54, 1.807) is 24.3 Å². The van der Waals surface area contributed by atoms with Gasteiger partial charge in [0.25, 0.3) is 5.91 Å². The van der Waals surface area contributed by atoms with Crippen molar-refractivity contribution in [1.29, 1.82) is 0 Å². The quantitative estimate of drug-likeness (QED) is 0.863. The molecule has 0 heterocycles. The number of amides is 1. The highest BCUT2D eigenvalue weighted by atomic mass is 79.9. The first-order valence-electron chi connectivity index (χ1n) is 6.25. The lowest BCUT2D eigenvalue weighted by Gasteiger charge is -2.12. The Bertz CT molecular complexity index is 677. The molecule has 2 aromatic carbocycles. The molecule has 0 bridgehead atoms. The number of hydrogen-bond donors (Lipinski definition) is 2. The summed E-state index contributed by atoms with van der Waals surface area (Å²) in [6.07, 6.45) is 0.402. The Balaban J connectivity index is 2.13. The van der Waals surface area contributed by atoms with Crippen molar-refractivity contribution in [3.05, 3.63) is 63.6 Å². The summed E-state index contributed by atoms with van der Waals surface area (Å²) in [6, 6.07) is 9.14. The highest BCUT2D eigenvalue weighted by Gasteiger charge is 2.15. The Hall–Kier alpha value is -1.95. The number of rotatable bonds is 5. The van der Waals surface area contributed by atoms with Crippen molar-refractivity contribution in [2.75, 3.05) is 11.9 Å². The summed E-state index contributed by atoms with van der Waals surface area (Å²) >= 11 is 3.15. The fourth-order valence-electron chi connectivity index (χ4n) is 2.00. The minimum absolute atomic E-state index is 0.202. The third-order valence-electron chi connectivity index (χ3n) is 2.97. The maximum atomic E-state index is 13.7. The largest absolute Gasteiger partial charge is 0.384 e. The molecule has 0 fully saturated rings. The van der Waals surface area contributed by atoms with Gasteiger partial charge in [0, 0.05) is 11.0 Å². The predicted octanol–water partition coefficient (Wildman–Crippen LogP) is 3.48. The molecule has 0 radical (unpaired) electrons. The second kappa shape index (κ2) is 6.67. The minimum atomic E-state index is -0.853. The smallest absolute Gasteiger partial charge is 0.253 e. The first-order chi connectivity index (χ1) is 9.99. The van der Waals surface area contributed by atoms with Crippen molar-refractivity contribution in [3.8, 4) is 0 Å². The molecular formula is C15H13BrF2N2O. The van der Waals surface area contributed by atoms with Crippen LogP contribution in [0.1, 0.15) is 15.9 Å². The second-order valence-electron chi connectivity index (χ2n) is 4.44. The lowest BCUT2D eigenvalue weighted by atomic mass is 10.1. The molecule has 0 saturated carbocycles. The summed E-state index contributed by atoms with van der Waals surface area (Å²) in [6.45, 7) is 0.344. The van der Waals surface area contributed by atoms with Crippen LogP contribution in [0.25, 0.3) is 0 Å². The molecule has 2 aromatic rings. The Morgan fingerprint density at radius 1 is 1.19 bits per heavy atom. The van der Waals surface area contributed by atoms with Crippen LogP contribution >= 0.6 is 15.9 Å². The van der Waals surface area contributed by atoms with Crippen molar-refractivity contribution in [2.24, 2.45) is 5.73 Å². The normalized spacial score (nSPS) is 10.4. The van der Waals surface area contributed by atoms with Crippen LogP contribution in [0.5, 0.6) is 0 Å². The van der Waals surface area contributed by atoms with Crippen LogP contribution in [0.4, 0.5) is 14.5 Å². The van der Waals surface area contributed by atoms with Crippen LogP contribution in [-0.4, -0.2) is 12.5 Å². The average Bonchev–Trinajstić information content (AvgIpc) is 2.39. The molecule has 0 saturated heterocycles. The third-order valence-corrected chi connectivity index (χ3v) is 3.43. The SMILES string of the molecule is NC(=O)c1c(F)cc(Br)cc1NCCc1ccccc1F. The van der Waals surface area contributed by atoms with Gasteiger partial charge in [0.1, 0.15) is 11.6 Å². The van der Waals surface area contributed by atoms with E-state index in [1.807, 2.05) is 0 Å². The van der Waals surface area contributed by atoms with Crippen molar-refractivity contribution in [2.45, 2.75) is 6.42 Å². The van der Waals surface area contributed by atoms with Gasteiger partial charge in [0.15, 0.2) is 0 Å². The van der Waals surface area contributed by atoms with Crippen molar-refractivity contribution in [3.63, 3.8) is 0 Å². The number of carbonyl (C=O) groups excluding carboxylic acids is 1. The summed E-state index contributed by atoms with van der Waals surface area (Å²) in [5.41, 5.74) is 5.80. The molecule has 6 heteroatoms. The van der Waals surface area contributed by atoms with Gasteiger partial charge in [-0.1, -0.05) is 34.1 Å². The molecule has 0 aliphatic carbocycles. The van der Waals surface area contributed by atoms with E-state index in [0.717, 1.165) is 0 Å². The Morgan fingerprint density at radius 2 is 1.90 bits per heavy atom. The number of carbonyl (C=O) groups is 1. The zero-order valence-electron chi connectivity index (χ0n) is 11.0. The van der Waals surface area contributed by atoms with Crippen LogP contribution < -0.4 is 11.1 Å². The van der Waals surface area contributed by atoms with Gasteiger partial charge >= 0.3 is 0 Å². The zero-order chi connectivity index (χ0) is 15.4. The lowest BCUT2D eigenvalue weighted by Crippen LogP contribution is -2.17. The van der Waals surface area contributed by atoms with E-state index < -0.39 is 11.7 Å². The van der Waals surface area contributed by atoms with Gasteiger partial charge in [-0.2, -0.15) is 0 Å². The van der Waals surface area contributed by atoms with E-state index in [4.69, 9.17) is 5.73 Å². The summed E-state index contributed by atoms with van der Waals surface area (Å²) in [4.78, 5) is 11.3. The van der Waals surface area contributed by atoms with E-state index in [0.29, 0.717) is 23.0 Å². The molecule has 0 aliphatic heterocycles. The van der Waals surface area contributed by atoms with Gasteiger partial charge in [0.05, 0.1) is 11.3 Å². The van der Waals surface area contributed by atoms with E-state index in [1.165, 1.54) is 12.1 Å². The Morgan fingerprint density at radius 3 is 2.57 bits per heavy atom. The van der Waals surface area contributed by atoms with Gasteiger partial charge in [-0.15, -0.1) is 0 Å². The molecule has 110 valence electrons. The standard InChI is InChI=1S/C15H13BrF2N2O/c16-10-7-12(18)14(15(19)21)13(8-10)20-6-5-9-3-1-2-4-11(9)17/h1-4,7-8,20H,5-6H2,(H2,19,21). The van der Waals surface area contributed by atoms with Gasteiger partial charge in [-0.05, 0) is 30.2 Å². The van der Waals surface area contributed by atoms with E-state index in [2.05, 4.69) is 21.2 Å². The molecule has 0 aromatic heterocycles. The van der Waals surface area contributed by atoms with E-state index in [-0.39, 0.29) is 17.1 Å². The molecule has 0 spiro atoms. The molecule has 3 nitrogen and oxygen atoms in total. The number of benzene rings is 2. The molecule has 2 rings (SSSR count). The monoisotopic (exact) mass is 354 g/mol. The molecular weight excluding hydrogens is 342 g/mol. The van der Waals surface area contributed by atoms with Crippen molar-refractivity contribution < 1.29 is 13.6 Å². The summed E-state index contributed by atoms with van der Waals surface area (Å²) in [5, 5.41) is 2.91. The minimum Gasteiger partial charge on any atom is -0.384 e. The average molecular weight is 355 g/mol. The van der Waals surface area contributed by atoms with Crippen molar-refractivity contribution in [1.82, 2.24) is 0 Å². The van der Waals surface area contributed by atoms with Crippen LogP contribution in [-0.2, 0) is 6.42 Å². The van der Waals surface area contributed by atoms with Gasteiger partial charge in [0.2, 0.25) is 0 Å². The van der Waals surface area contributed by atoms with E-state index in [9.17, 15) is 13.6 Å². The highest BCUT2D eigenvalue weighted by Crippen LogP contribution is 2.24. The second-order valence-corrected chi connectivity index (χ2v) is 5.36. The zero-order valence-corrected chi connectivity index (χ0v) is 12.6. The predicted molar refractivity (Wildman–Crippen MR) is 81.2 cm³/mol. The molecule has 1 amide bonds. The number of anilines is 1. The van der Waals surface area contributed by atoms with E-state index >= 15 is 0 Å². The maximum absolute atomic E-state index is 13.7. The summed E-state index contributed by atoms with van der Waals surface area (Å²) in [5.74, 6) is -1.85. The number of hydrogen-bond acceptors (Lipinski definition) is 2. The Kier molecular flexibility index (Phi) is 4.90. The topological polar surface area (TPSA) is 55.1 Å². The van der Waals surface area contributed by atoms with Crippen LogP contribution in [0.15, 0.2) is 40.9 Å². The van der Waals surface area contributed by atoms with Crippen LogP contribution in [0.3, 0.4) is 0 Å². The first kappa shape index (κ1) is 15.4. The fraction of sp³-hybridized carbons (Fsp3) is 0.133. The number of primary amides is 1. The van der Waals surface area contributed by atoms with Gasteiger partial charge in [-0.25, -0.2) is 8.78 Å². The number of nitrogens with two attached hydrogens (primary N) is 1. The summed E-state index contributed by atoms with van der Waals surface area (Å²) in [7, 11) is 0. The molecule has 0 aliphatic rings. The fourth-order valence-corrected chi connectivity index (χ4v) is 2.43. The van der Waals surface area contributed by atoms with Crippen molar-refractivity contribution >= 4 is 27.5 Å². The summed E-state index contributed by atoms with van der Waals surface area (Å²) < 4.78 is 27.7. The van der Waals surface area contributed by atoms with Gasteiger partial charge in [-0.3, -0.25) is 4.79 Å². The number of halogens is 3.